The molecule has 0 aromatic heterocycles. The number of piperidine rings is 1. The molecule has 0 bridgehead atoms. The van der Waals surface area contributed by atoms with Crippen LogP contribution in [0.5, 0.6) is 0 Å². The van der Waals surface area contributed by atoms with Crippen LogP contribution in [0.2, 0.25) is 5.02 Å². The van der Waals surface area contributed by atoms with Crippen LogP contribution < -0.4 is 10.6 Å². The van der Waals surface area contributed by atoms with Gasteiger partial charge in [-0.25, -0.2) is 0 Å². The number of carbonyl (C=O) groups excluding carboxylic acids is 1. The van der Waals surface area contributed by atoms with Gasteiger partial charge in [0.15, 0.2) is 0 Å². The van der Waals surface area contributed by atoms with Crippen LogP contribution in [0.3, 0.4) is 0 Å². The number of nitrogens with one attached hydrogen (secondary N) is 2. The van der Waals surface area contributed by atoms with Crippen LogP contribution in [0.1, 0.15) is 39.2 Å². The highest BCUT2D eigenvalue weighted by Gasteiger charge is 2.33. The summed E-state index contributed by atoms with van der Waals surface area (Å²) in [6.07, 6.45) is 2.14. The summed E-state index contributed by atoms with van der Waals surface area (Å²) < 4.78 is 0. The van der Waals surface area contributed by atoms with Crippen LogP contribution in [0.4, 0.5) is 0 Å². The zero-order chi connectivity index (χ0) is 14.8. The van der Waals surface area contributed by atoms with Gasteiger partial charge < -0.3 is 10.6 Å². The molecule has 2 atom stereocenters. The average Bonchev–Trinajstić information content (AvgIpc) is 2.41. The summed E-state index contributed by atoms with van der Waals surface area (Å²) >= 11 is 6.03. The smallest absolute Gasteiger partial charge is 0.230 e. The van der Waals surface area contributed by atoms with Crippen LogP contribution in [0.25, 0.3) is 0 Å². The van der Waals surface area contributed by atoms with Gasteiger partial charge in [0, 0.05) is 17.1 Å². The largest absolute Gasteiger partial charge is 0.351 e. The van der Waals surface area contributed by atoms with E-state index in [-0.39, 0.29) is 24.4 Å². The molecule has 1 fully saturated rings. The second kappa shape index (κ2) is 7.48. The van der Waals surface area contributed by atoms with Crippen LogP contribution in [0.15, 0.2) is 24.3 Å². The molecule has 118 valence electrons. The summed E-state index contributed by atoms with van der Waals surface area (Å²) in [7, 11) is 0. The van der Waals surface area contributed by atoms with Crippen molar-refractivity contribution in [3.8, 4) is 0 Å². The zero-order valence-electron chi connectivity index (χ0n) is 12.8. The van der Waals surface area contributed by atoms with Crippen molar-refractivity contribution in [2.24, 2.45) is 0 Å². The Morgan fingerprint density at radius 1 is 1.43 bits per heavy atom. The van der Waals surface area contributed by atoms with Gasteiger partial charge in [0.25, 0.3) is 0 Å². The van der Waals surface area contributed by atoms with Crippen molar-refractivity contribution >= 4 is 29.9 Å². The third kappa shape index (κ3) is 4.35. The molecule has 1 aliphatic heterocycles. The number of halogens is 2. The molecule has 1 aliphatic rings. The van der Waals surface area contributed by atoms with E-state index in [2.05, 4.69) is 17.6 Å². The number of rotatable bonds is 3. The first-order valence-corrected chi connectivity index (χ1v) is 7.59. The molecule has 0 radical (unpaired) electrons. The third-order valence-electron chi connectivity index (χ3n) is 4.19. The highest BCUT2D eigenvalue weighted by atomic mass is 35.5. The molecule has 0 spiro atoms. The van der Waals surface area contributed by atoms with E-state index in [0.29, 0.717) is 11.1 Å². The molecule has 1 aromatic rings. The van der Waals surface area contributed by atoms with Crippen LogP contribution in [-0.4, -0.2) is 24.5 Å². The van der Waals surface area contributed by atoms with Crippen molar-refractivity contribution in [1.29, 1.82) is 0 Å². The SMILES string of the molecule is CC1NCCCC1NC(=O)C(C)(C)c1cccc(Cl)c1.Cl. The first-order chi connectivity index (χ1) is 9.41. The summed E-state index contributed by atoms with van der Waals surface area (Å²) in [5.74, 6) is 0.0558. The molecule has 3 nitrogen and oxygen atoms in total. The van der Waals surface area contributed by atoms with E-state index in [9.17, 15) is 4.79 Å². The van der Waals surface area contributed by atoms with E-state index >= 15 is 0 Å². The van der Waals surface area contributed by atoms with Crippen molar-refractivity contribution in [1.82, 2.24) is 10.6 Å². The first-order valence-electron chi connectivity index (χ1n) is 7.21. The van der Waals surface area contributed by atoms with Gasteiger partial charge in [-0.15, -0.1) is 12.4 Å². The van der Waals surface area contributed by atoms with E-state index in [1.54, 1.807) is 0 Å². The van der Waals surface area contributed by atoms with Crippen LogP contribution >= 0.6 is 24.0 Å². The van der Waals surface area contributed by atoms with Gasteiger partial charge in [-0.3, -0.25) is 4.79 Å². The normalized spacial score (nSPS) is 22.3. The number of amides is 1. The lowest BCUT2D eigenvalue weighted by molar-refractivity contribution is -0.126. The van der Waals surface area contributed by atoms with Crippen molar-refractivity contribution < 1.29 is 4.79 Å². The summed E-state index contributed by atoms with van der Waals surface area (Å²) in [6.45, 7) is 7.03. The van der Waals surface area contributed by atoms with Crippen molar-refractivity contribution in [3.63, 3.8) is 0 Å². The van der Waals surface area contributed by atoms with Crippen molar-refractivity contribution in [2.75, 3.05) is 6.54 Å². The summed E-state index contributed by atoms with van der Waals surface area (Å²) in [4.78, 5) is 12.6. The standard InChI is InChI=1S/C16H23ClN2O.ClH/c1-11-14(8-5-9-18-11)19-15(20)16(2,3)12-6-4-7-13(17)10-12;/h4,6-7,10-11,14,18H,5,8-9H2,1-3H3,(H,19,20);1H. The molecule has 0 aliphatic carbocycles. The maximum Gasteiger partial charge on any atom is 0.230 e. The summed E-state index contributed by atoms with van der Waals surface area (Å²) in [5, 5.41) is 7.25. The second-order valence-electron chi connectivity index (χ2n) is 6.10. The summed E-state index contributed by atoms with van der Waals surface area (Å²) in [6, 6.07) is 8.05. The highest BCUT2D eigenvalue weighted by Crippen LogP contribution is 2.26. The zero-order valence-corrected chi connectivity index (χ0v) is 14.4. The Morgan fingerprint density at radius 2 is 2.14 bits per heavy atom. The Hall–Kier alpha value is -0.770. The molecule has 2 unspecified atom stereocenters. The number of hydrogen-bond donors (Lipinski definition) is 2. The third-order valence-corrected chi connectivity index (χ3v) is 4.43. The van der Waals surface area contributed by atoms with Gasteiger partial charge >= 0.3 is 0 Å². The lowest BCUT2D eigenvalue weighted by Gasteiger charge is -2.34. The molecule has 0 saturated carbocycles. The van der Waals surface area contributed by atoms with E-state index in [1.807, 2.05) is 38.1 Å². The topological polar surface area (TPSA) is 41.1 Å². The number of carbonyl (C=O) groups is 1. The van der Waals surface area contributed by atoms with Crippen molar-refractivity contribution in [2.45, 2.75) is 51.1 Å². The first kappa shape index (κ1) is 18.3. The molecular formula is C16H24Cl2N2O. The molecule has 1 heterocycles. The van der Waals surface area contributed by atoms with Gasteiger partial charge in [0.2, 0.25) is 5.91 Å². The second-order valence-corrected chi connectivity index (χ2v) is 6.54. The maximum atomic E-state index is 12.6. The monoisotopic (exact) mass is 330 g/mol. The minimum Gasteiger partial charge on any atom is -0.351 e. The Labute approximate surface area is 138 Å². The predicted molar refractivity (Wildman–Crippen MR) is 90.4 cm³/mol. The Kier molecular flexibility index (Phi) is 6.51. The summed E-state index contributed by atoms with van der Waals surface area (Å²) in [5.41, 5.74) is 0.362. The Balaban J connectivity index is 0.00000220. The molecule has 2 rings (SSSR count). The fourth-order valence-electron chi connectivity index (χ4n) is 2.60. The fraction of sp³-hybridized carbons (Fsp3) is 0.562. The quantitative estimate of drug-likeness (QED) is 0.892. The molecule has 1 aromatic carbocycles. The van der Waals surface area contributed by atoms with Gasteiger partial charge in [0.1, 0.15) is 0 Å². The van der Waals surface area contributed by atoms with Gasteiger partial charge in [-0.2, -0.15) is 0 Å². The number of benzene rings is 1. The van der Waals surface area contributed by atoms with E-state index < -0.39 is 5.41 Å². The molecule has 5 heteroatoms. The van der Waals surface area contributed by atoms with Crippen molar-refractivity contribution in [3.05, 3.63) is 34.9 Å². The van der Waals surface area contributed by atoms with E-state index in [4.69, 9.17) is 11.6 Å². The molecule has 1 amide bonds. The molecule has 2 N–H and O–H groups in total. The average molecular weight is 331 g/mol. The maximum absolute atomic E-state index is 12.6. The van der Waals surface area contributed by atoms with Gasteiger partial charge in [0.05, 0.1) is 5.41 Å². The van der Waals surface area contributed by atoms with E-state index in [1.165, 1.54) is 0 Å². The Bertz CT molecular complexity index is 491. The highest BCUT2D eigenvalue weighted by molar-refractivity contribution is 6.30. The lowest BCUT2D eigenvalue weighted by Crippen LogP contribution is -2.55. The van der Waals surface area contributed by atoms with Crippen LogP contribution in [-0.2, 0) is 10.2 Å². The predicted octanol–water partition coefficient (Wildman–Crippen LogP) is 3.30. The van der Waals surface area contributed by atoms with Crippen LogP contribution in [0, 0.1) is 0 Å². The van der Waals surface area contributed by atoms with Gasteiger partial charge in [-0.05, 0) is 57.9 Å². The molecule has 21 heavy (non-hydrogen) atoms. The van der Waals surface area contributed by atoms with E-state index in [0.717, 1.165) is 24.9 Å². The molecule has 1 saturated heterocycles. The number of hydrogen-bond acceptors (Lipinski definition) is 2. The lowest BCUT2D eigenvalue weighted by atomic mass is 9.83. The Morgan fingerprint density at radius 3 is 2.76 bits per heavy atom. The van der Waals surface area contributed by atoms with Gasteiger partial charge in [-0.1, -0.05) is 23.7 Å². The minimum atomic E-state index is -0.581. The molecular weight excluding hydrogens is 307 g/mol. The fourth-order valence-corrected chi connectivity index (χ4v) is 2.79. The minimum absolute atomic E-state index is 0.